The normalized spacial score (nSPS) is 11.5. The zero-order chi connectivity index (χ0) is 14.5. The second-order valence-electron chi connectivity index (χ2n) is 4.85. The van der Waals surface area contributed by atoms with E-state index in [0.717, 1.165) is 23.4 Å². The first kappa shape index (κ1) is 13.6. The molecule has 2 aromatic carbocycles. The summed E-state index contributed by atoms with van der Waals surface area (Å²) in [6.45, 7) is 1.47. The first-order valence-electron chi connectivity index (χ1n) is 7.06. The van der Waals surface area contributed by atoms with E-state index in [0.29, 0.717) is 6.61 Å². The fraction of sp³-hybridized carbons (Fsp3) is 0.167. The molecule has 0 aliphatic rings. The lowest BCUT2D eigenvalue weighted by molar-refractivity contribution is 0.188. The molecule has 3 heteroatoms. The first-order valence-corrected chi connectivity index (χ1v) is 7.06. The predicted octanol–water partition coefficient (Wildman–Crippen LogP) is 3.85. The van der Waals surface area contributed by atoms with E-state index in [1.165, 1.54) is 5.56 Å². The molecular weight excluding hydrogens is 260 g/mol. The maximum absolute atomic E-state index is 5.21. The van der Waals surface area contributed by atoms with Crippen LogP contribution < -0.4 is 0 Å². The molecule has 0 fully saturated rings. The molecule has 0 bridgehead atoms. The van der Waals surface area contributed by atoms with Crippen LogP contribution in [0.1, 0.15) is 11.4 Å². The molecule has 0 aliphatic heterocycles. The maximum Gasteiger partial charge on any atom is 0.133 e. The van der Waals surface area contributed by atoms with Gasteiger partial charge in [0, 0.05) is 13.7 Å². The highest BCUT2D eigenvalue weighted by molar-refractivity contribution is 5.79. The van der Waals surface area contributed by atoms with Crippen molar-refractivity contribution in [2.75, 3.05) is 13.7 Å². The molecule has 3 nitrogen and oxygen atoms in total. The summed E-state index contributed by atoms with van der Waals surface area (Å²) >= 11 is 0. The molecule has 0 saturated carbocycles. The van der Waals surface area contributed by atoms with Crippen molar-refractivity contribution in [1.29, 1.82) is 0 Å². The predicted molar refractivity (Wildman–Crippen MR) is 87.0 cm³/mol. The Morgan fingerprint density at radius 2 is 1.76 bits per heavy atom. The molecule has 0 aliphatic carbocycles. The Hall–Kier alpha value is -2.39. The fourth-order valence-corrected chi connectivity index (χ4v) is 2.37. The van der Waals surface area contributed by atoms with Crippen LogP contribution in [-0.2, 0) is 11.3 Å². The molecule has 1 heterocycles. The molecule has 0 unspecified atom stereocenters. The third-order valence-corrected chi connectivity index (χ3v) is 3.43. The second kappa shape index (κ2) is 6.37. The van der Waals surface area contributed by atoms with E-state index in [1.54, 1.807) is 7.11 Å². The quantitative estimate of drug-likeness (QED) is 0.708. The van der Waals surface area contributed by atoms with E-state index in [-0.39, 0.29) is 0 Å². The van der Waals surface area contributed by atoms with Crippen LogP contribution in [0.15, 0.2) is 54.6 Å². The Labute approximate surface area is 124 Å². The summed E-state index contributed by atoms with van der Waals surface area (Å²) < 4.78 is 7.40. The summed E-state index contributed by atoms with van der Waals surface area (Å²) in [5.41, 5.74) is 3.33. The van der Waals surface area contributed by atoms with Crippen molar-refractivity contribution in [2.45, 2.75) is 6.54 Å². The van der Waals surface area contributed by atoms with Crippen molar-refractivity contribution >= 4 is 23.2 Å². The summed E-state index contributed by atoms with van der Waals surface area (Å²) in [4.78, 5) is 4.70. The number of aromatic nitrogens is 2. The van der Waals surface area contributed by atoms with Gasteiger partial charge in [-0.25, -0.2) is 4.98 Å². The van der Waals surface area contributed by atoms with Crippen LogP contribution in [-0.4, -0.2) is 23.3 Å². The van der Waals surface area contributed by atoms with Crippen molar-refractivity contribution in [3.05, 3.63) is 66.0 Å². The lowest BCUT2D eigenvalue weighted by Crippen LogP contribution is -2.05. The number of nitrogens with zero attached hydrogens (tertiary/aromatic N) is 2. The van der Waals surface area contributed by atoms with Crippen LogP contribution in [0.4, 0.5) is 0 Å². The van der Waals surface area contributed by atoms with E-state index in [9.17, 15) is 0 Å². The van der Waals surface area contributed by atoms with Crippen molar-refractivity contribution in [3.63, 3.8) is 0 Å². The molecule has 0 radical (unpaired) electrons. The van der Waals surface area contributed by atoms with Gasteiger partial charge in [0.15, 0.2) is 0 Å². The highest BCUT2D eigenvalue weighted by Crippen LogP contribution is 2.18. The van der Waals surface area contributed by atoms with Crippen LogP contribution in [0.3, 0.4) is 0 Å². The second-order valence-corrected chi connectivity index (χ2v) is 4.85. The zero-order valence-corrected chi connectivity index (χ0v) is 12.1. The zero-order valence-electron chi connectivity index (χ0n) is 12.1. The largest absolute Gasteiger partial charge is 0.383 e. The van der Waals surface area contributed by atoms with Crippen LogP contribution in [0.25, 0.3) is 23.2 Å². The van der Waals surface area contributed by atoms with Crippen molar-refractivity contribution in [1.82, 2.24) is 9.55 Å². The van der Waals surface area contributed by atoms with Gasteiger partial charge in [-0.1, -0.05) is 48.5 Å². The Bertz CT molecular complexity index is 744. The van der Waals surface area contributed by atoms with Gasteiger partial charge in [0.2, 0.25) is 0 Å². The SMILES string of the molecule is COCCn1c(/C=C/c2ccccc2)nc2ccccc21. The molecule has 21 heavy (non-hydrogen) atoms. The number of rotatable bonds is 5. The number of fused-ring (bicyclic) bond motifs is 1. The van der Waals surface area contributed by atoms with Gasteiger partial charge in [-0.15, -0.1) is 0 Å². The minimum Gasteiger partial charge on any atom is -0.383 e. The van der Waals surface area contributed by atoms with Gasteiger partial charge in [0.05, 0.1) is 17.6 Å². The highest BCUT2D eigenvalue weighted by Gasteiger charge is 2.07. The molecule has 0 spiro atoms. The average molecular weight is 278 g/mol. The topological polar surface area (TPSA) is 27.1 Å². The summed E-state index contributed by atoms with van der Waals surface area (Å²) in [5.74, 6) is 0.956. The Balaban J connectivity index is 1.98. The van der Waals surface area contributed by atoms with Crippen LogP contribution >= 0.6 is 0 Å². The summed E-state index contributed by atoms with van der Waals surface area (Å²) in [7, 11) is 1.72. The number of benzene rings is 2. The van der Waals surface area contributed by atoms with Gasteiger partial charge in [-0.2, -0.15) is 0 Å². The van der Waals surface area contributed by atoms with Gasteiger partial charge in [-0.05, 0) is 23.8 Å². The summed E-state index contributed by atoms with van der Waals surface area (Å²) in [5, 5.41) is 0. The lowest BCUT2D eigenvalue weighted by Gasteiger charge is -2.05. The van der Waals surface area contributed by atoms with Gasteiger partial charge in [-0.3, -0.25) is 0 Å². The molecule has 3 aromatic rings. The number of imidazole rings is 1. The Morgan fingerprint density at radius 3 is 2.57 bits per heavy atom. The third kappa shape index (κ3) is 3.03. The van der Waals surface area contributed by atoms with E-state index >= 15 is 0 Å². The van der Waals surface area contributed by atoms with Gasteiger partial charge >= 0.3 is 0 Å². The maximum atomic E-state index is 5.21. The molecule has 106 valence electrons. The molecule has 0 amide bonds. The fourth-order valence-electron chi connectivity index (χ4n) is 2.37. The van der Waals surface area contributed by atoms with Gasteiger partial charge < -0.3 is 9.30 Å². The van der Waals surface area contributed by atoms with E-state index in [1.807, 2.05) is 36.4 Å². The van der Waals surface area contributed by atoms with E-state index < -0.39 is 0 Å². The summed E-state index contributed by atoms with van der Waals surface area (Å²) in [6, 6.07) is 18.4. The minimum absolute atomic E-state index is 0.673. The van der Waals surface area contributed by atoms with E-state index in [2.05, 4.69) is 34.9 Å². The molecule has 0 atom stereocenters. The molecule has 3 rings (SSSR count). The molecular formula is C18H18N2O. The summed E-state index contributed by atoms with van der Waals surface area (Å²) in [6.07, 6.45) is 4.15. The average Bonchev–Trinajstić information content (AvgIpc) is 2.89. The number of hydrogen-bond donors (Lipinski definition) is 0. The smallest absolute Gasteiger partial charge is 0.133 e. The number of para-hydroxylation sites is 2. The monoisotopic (exact) mass is 278 g/mol. The Kier molecular flexibility index (Phi) is 4.12. The number of methoxy groups -OCH3 is 1. The van der Waals surface area contributed by atoms with Crippen molar-refractivity contribution in [3.8, 4) is 0 Å². The van der Waals surface area contributed by atoms with Gasteiger partial charge in [0.25, 0.3) is 0 Å². The lowest BCUT2D eigenvalue weighted by atomic mass is 10.2. The molecule has 0 saturated heterocycles. The first-order chi connectivity index (χ1) is 10.4. The number of hydrogen-bond acceptors (Lipinski definition) is 2. The minimum atomic E-state index is 0.673. The standard InChI is InChI=1S/C18H18N2O/c1-21-14-13-20-17-10-6-5-9-16(17)19-18(20)12-11-15-7-3-2-4-8-15/h2-12H,13-14H2,1H3/b12-11+. The van der Waals surface area contributed by atoms with Crippen LogP contribution in [0, 0.1) is 0 Å². The molecule has 0 N–H and O–H groups in total. The van der Waals surface area contributed by atoms with Crippen LogP contribution in [0.2, 0.25) is 0 Å². The third-order valence-electron chi connectivity index (χ3n) is 3.43. The van der Waals surface area contributed by atoms with Crippen molar-refractivity contribution < 1.29 is 4.74 Å². The molecule has 1 aromatic heterocycles. The Morgan fingerprint density at radius 1 is 1.00 bits per heavy atom. The highest BCUT2D eigenvalue weighted by atomic mass is 16.5. The van der Waals surface area contributed by atoms with Gasteiger partial charge in [0.1, 0.15) is 5.82 Å². The van der Waals surface area contributed by atoms with Crippen molar-refractivity contribution in [2.24, 2.45) is 0 Å². The van der Waals surface area contributed by atoms with Crippen LogP contribution in [0.5, 0.6) is 0 Å². The number of ether oxygens (including phenoxy) is 1. The van der Waals surface area contributed by atoms with E-state index in [4.69, 9.17) is 9.72 Å².